The molecule has 1 amide bonds. The molecule has 0 N–H and O–H groups in total. The van der Waals surface area contributed by atoms with Crippen molar-refractivity contribution in [2.75, 3.05) is 13.6 Å². The third-order valence-corrected chi connectivity index (χ3v) is 4.67. The number of nitrogens with zero attached hydrogens (tertiary/aromatic N) is 2. The van der Waals surface area contributed by atoms with E-state index in [0.29, 0.717) is 29.7 Å². The monoisotopic (exact) mass is 438 g/mol. The van der Waals surface area contributed by atoms with Crippen LogP contribution in [0.1, 0.15) is 44.0 Å². The third kappa shape index (κ3) is 5.81. The van der Waals surface area contributed by atoms with Crippen LogP contribution in [-0.2, 0) is 9.53 Å². The molecule has 0 saturated carbocycles. The zero-order valence-corrected chi connectivity index (χ0v) is 18.7. The summed E-state index contributed by atoms with van der Waals surface area (Å²) in [6, 6.07) is 13.2. The van der Waals surface area contributed by atoms with Crippen molar-refractivity contribution in [1.29, 1.82) is 0 Å². The lowest BCUT2D eigenvalue weighted by molar-refractivity contribution is -0.154. The molecule has 0 radical (unpaired) electrons. The van der Waals surface area contributed by atoms with Gasteiger partial charge in [0, 0.05) is 25.6 Å². The predicted octanol–water partition coefficient (Wildman–Crippen LogP) is 5.34. The zero-order valence-electron chi connectivity index (χ0n) is 18.7. The van der Waals surface area contributed by atoms with Gasteiger partial charge < -0.3 is 14.1 Å². The highest BCUT2D eigenvalue weighted by Gasteiger charge is 2.21. The maximum absolute atomic E-state index is 14.1. The summed E-state index contributed by atoms with van der Waals surface area (Å²) < 4.78 is 25.2. The highest BCUT2D eigenvalue weighted by atomic mass is 19.1. The van der Waals surface area contributed by atoms with Crippen LogP contribution in [0, 0.1) is 5.82 Å². The van der Waals surface area contributed by atoms with Crippen molar-refractivity contribution in [3.8, 4) is 22.8 Å². The number of rotatable bonds is 7. The van der Waals surface area contributed by atoms with Crippen molar-refractivity contribution in [3.63, 3.8) is 0 Å². The largest absolute Gasteiger partial charge is 0.460 e. The van der Waals surface area contributed by atoms with Crippen molar-refractivity contribution >= 4 is 11.9 Å². The third-order valence-electron chi connectivity index (χ3n) is 4.67. The van der Waals surface area contributed by atoms with Crippen LogP contribution < -0.4 is 0 Å². The minimum absolute atomic E-state index is 0.224. The summed E-state index contributed by atoms with van der Waals surface area (Å²) in [6.07, 6.45) is 2.15. The van der Waals surface area contributed by atoms with Gasteiger partial charge in [-0.1, -0.05) is 24.3 Å². The number of halogens is 1. The number of hydrogen-bond acceptors (Lipinski definition) is 5. The first-order valence-electron chi connectivity index (χ1n) is 10.4. The van der Waals surface area contributed by atoms with E-state index in [1.54, 1.807) is 54.4 Å². The number of hydrogen-bond donors (Lipinski definition) is 0. The lowest BCUT2D eigenvalue weighted by Crippen LogP contribution is -2.29. The zero-order chi connectivity index (χ0) is 23.3. The van der Waals surface area contributed by atoms with Crippen LogP contribution in [0.2, 0.25) is 0 Å². The van der Waals surface area contributed by atoms with Crippen molar-refractivity contribution in [2.24, 2.45) is 0 Å². The molecule has 168 valence electrons. The van der Waals surface area contributed by atoms with Crippen molar-refractivity contribution in [1.82, 2.24) is 9.88 Å². The topological polar surface area (TPSA) is 72.6 Å². The summed E-state index contributed by atoms with van der Waals surface area (Å²) in [5, 5.41) is 0. The number of carbonyl (C=O) groups excluding carboxylic acids is 2. The Morgan fingerprint density at radius 2 is 1.72 bits per heavy atom. The SMILES string of the molecule is CN(CCCC(=O)OC(C)(C)C)C(=O)c1ccccc1-c1ncc(-c2ccccc2F)o1. The van der Waals surface area contributed by atoms with Gasteiger partial charge in [0.05, 0.1) is 17.3 Å². The summed E-state index contributed by atoms with van der Waals surface area (Å²) in [7, 11) is 1.68. The van der Waals surface area contributed by atoms with Crippen LogP contribution >= 0.6 is 0 Å². The molecule has 7 heteroatoms. The Morgan fingerprint density at radius 3 is 2.41 bits per heavy atom. The van der Waals surface area contributed by atoms with E-state index in [-0.39, 0.29) is 29.9 Å². The first-order valence-corrected chi connectivity index (χ1v) is 10.4. The van der Waals surface area contributed by atoms with E-state index in [2.05, 4.69) is 4.98 Å². The van der Waals surface area contributed by atoms with E-state index >= 15 is 0 Å². The number of carbonyl (C=O) groups is 2. The van der Waals surface area contributed by atoms with Crippen molar-refractivity contribution < 1.29 is 23.1 Å². The van der Waals surface area contributed by atoms with Crippen LogP contribution in [0.25, 0.3) is 22.8 Å². The summed E-state index contributed by atoms with van der Waals surface area (Å²) in [5.41, 5.74) is 0.692. The second kappa shape index (κ2) is 9.77. The molecule has 3 aromatic rings. The van der Waals surface area contributed by atoms with Crippen LogP contribution in [0.15, 0.2) is 59.1 Å². The van der Waals surface area contributed by atoms with E-state index in [4.69, 9.17) is 9.15 Å². The standard InChI is InChI=1S/C25H27FN2O4/c1-25(2,3)32-22(29)14-9-15-28(4)24(30)18-11-6-5-10-17(18)23-27-16-21(31-23)19-12-7-8-13-20(19)26/h5-8,10-13,16H,9,14-15H2,1-4H3. The highest BCUT2D eigenvalue weighted by molar-refractivity contribution is 5.99. The van der Waals surface area contributed by atoms with Crippen LogP contribution in [0.3, 0.4) is 0 Å². The molecule has 0 atom stereocenters. The van der Waals surface area contributed by atoms with Gasteiger partial charge >= 0.3 is 5.97 Å². The molecule has 0 fully saturated rings. The first-order chi connectivity index (χ1) is 15.2. The molecule has 0 bridgehead atoms. The average molecular weight is 438 g/mol. The fourth-order valence-electron chi connectivity index (χ4n) is 3.20. The van der Waals surface area contributed by atoms with Gasteiger partial charge in [-0.15, -0.1) is 0 Å². The van der Waals surface area contributed by atoms with Gasteiger partial charge in [-0.05, 0) is 51.5 Å². The maximum Gasteiger partial charge on any atom is 0.306 e. The normalized spacial score (nSPS) is 11.3. The smallest absolute Gasteiger partial charge is 0.306 e. The van der Waals surface area contributed by atoms with Crippen LogP contribution in [-0.4, -0.2) is 41.0 Å². The van der Waals surface area contributed by atoms with Crippen molar-refractivity contribution in [3.05, 3.63) is 66.1 Å². The lowest BCUT2D eigenvalue weighted by Gasteiger charge is -2.21. The Balaban J connectivity index is 1.72. The number of ether oxygens (including phenoxy) is 1. The van der Waals surface area contributed by atoms with Gasteiger partial charge in [0.1, 0.15) is 11.4 Å². The van der Waals surface area contributed by atoms with Crippen molar-refractivity contribution in [2.45, 2.75) is 39.2 Å². The molecule has 1 aromatic heterocycles. The molecule has 3 rings (SSSR count). The van der Waals surface area contributed by atoms with Gasteiger partial charge in [-0.3, -0.25) is 9.59 Å². The first kappa shape index (κ1) is 23.2. The molecule has 6 nitrogen and oxygen atoms in total. The molecule has 0 saturated heterocycles. The Morgan fingerprint density at radius 1 is 1.06 bits per heavy atom. The molecule has 0 aliphatic heterocycles. The number of aromatic nitrogens is 1. The van der Waals surface area contributed by atoms with Gasteiger partial charge in [-0.25, -0.2) is 9.37 Å². The molecule has 1 heterocycles. The second-order valence-corrected chi connectivity index (χ2v) is 8.47. The molecule has 0 spiro atoms. The molecule has 0 aliphatic carbocycles. The van der Waals surface area contributed by atoms with Crippen LogP contribution in [0.5, 0.6) is 0 Å². The summed E-state index contributed by atoms with van der Waals surface area (Å²) in [4.78, 5) is 30.7. The van der Waals surface area contributed by atoms with E-state index < -0.39 is 11.4 Å². The van der Waals surface area contributed by atoms with Gasteiger partial charge in [0.15, 0.2) is 5.76 Å². The highest BCUT2D eigenvalue weighted by Crippen LogP contribution is 2.30. The number of esters is 1. The molecule has 0 unspecified atom stereocenters. The van der Waals surface area contributed by atoms with Gasteiger partial charge in [0.25, 0.3) is 5.91 Å². The molecule has 2 aromatic carbocycles. The van der Waals surface area contributed by atoms with Gasteiger partial charge in [0.2, 0.25) is 5.89 Å². The number of oxazole rings is 1. The second-order valence-electron chi connectivity index (χ2n) is 8.47. The minimum atomic E-state index is -0.532. The number of amides is 1. The van der Waals surface area contributed by atoms with Crippen LogP contribution in [0.4, 0.5) is 4.39 Å². The lowest BCUT2D eigenvalue weighted by atomic mass is 10.1. The van der Waals surface area contributed by atoms with E-state index in [1.165, 1.54) is 12.3 Å². The summed E-state index contributed by atoms with van der Waals surface area (Å²) in [5.74, 6) is -0.417. The fraction of sp³-hybridized carbons (Fsp3) is 0.320. The predicted molar refractivity (Wildman–Crippen MR) is 119 cm³/mol. The average Bonchev–Trinajstić information content (AvgIpc) is 3.22. The molecular formula is C25H27FN2O4. The quantitative estimate of drug-likeness (QED) is 0.466. The summed E-state index contributed by atoms with van der Waals surface area (Å²) >= 11 is 0. The Kier molecular flexibility index (Phi) is 7.08. The molecular weight excluding hydrogens is 411 g/mol. The Hall–Kier alpha value is -3.48. The number of benzene rings is 2. The molecule has 0 aliphatic rings. The Bertz CT molecular complexity index is 1100. The maximum atomic E-state index is 14.1. The van der Waals surface area contributed by atoms with Gasteiger partial charge in [-0.2, -0.15) is 0 Å². The summed E-state index contributed by atoms with van der Waals surface area (Å²) in [6.45, 7) is 5.84. The minimum Gasteiger partial charge on any atom is -0.460 e. The Labute approximate surface area is 187 Å². The van der Waals surface area contributed by atoms with E-state index in [1.807, 2.05) is 20.8 Å². The fourth-order valence-corrected chi connectivity index (χ4v) is 3.20. The van der Waals surface area contributed by atoms with E-state index in [9.17, 15) is 14.0 Å². The molecule has 32 heavy (non-hydrogen) atoms. The van der Waals surface area contributed by atoms with E-state index in [0.717, 1.165) is 0 Å².